The zero-order valence-electron chi connectivity index (χ0n) is 10.9. The first-order chi connectivity index (χ1) is 9.62. The summed E-state index contributed by atoms with van der Waals surface area (Å²) < 4.78 is 0. The van der Waals surface area contributed by atoms with Crippen molar-refractivity contribution < 1.29 is 4.92 Å². The Morgan fingerprint density at radius 3 is 2.85 bits per heavy atom. The molecule has 106 valence electrons. The van der Waals surface area contributed by atoms with Crippen molar-refractivity contribution in [1.82, 2.24) is 9.97 Å². The lowest BCUT2D eigenvalue weighted by atomic mass is 10.0. The predicted molar refractivity (Wildman–Crippen MR) is 78.3 cm³/mol. The second-order valence-corrected chi connectivity index (χ2v) is 5.56. The average Bonchev–Trinajstić information content (AvgIpc) is 3.04. The zero-order valence-corrected chi connectivity index (χ0v) is 11.6. The molecular weight excluding hydrogens is 280 g/mol. The second kappa shape index (κ2) is 4.94. The Morgan fingerprint density at radius 2 is 2.20 bits per heavy atom. The molecule has 3 rings (SSSR count). The Bertz CT molecular complexity index is 649. The third-order valence-electron chi connectivity index (χ3n) is 3.88. The molecule has 0 radical (unpaired) electrons. The molecule has 0 bridgehead atoms. The van der Waals surface area contributed by atoms with Crippen LogP contribution in [0.25, 0.3) is 11.0 Å². The van der Waals surface area contributed by atoms with E-state index < -0.39 is 4.92 Å². The van der Waals surface area contributed by atoms with Crippen molar-refractivity contribution in [3.05, 3.63) is 28.3 Å². The lowest BCUT2D eigenvalue weighted by molar-refractivity contribution is -0.384. The zero-order chi connectivity index (χ0) is 14.2. The largest absolute Gasteiger partial charge is 0.349 e. The number of aromatic amines is 1. The molecule has 1 aliphatic rings. The molecule has 0 amide bonds. The van der Waals surface area contributed by atoms with Crippen LogP contribution in [-0.4, -0.2) is 26.3 Å². The SMILES string of the molecule is O=[N+]([O-])c1ccc2nc(NC3(CCl)CCCC3)[nH]c2c1. The number of nitro benzene ring substituents is 1. The highest BCUT2D eigenvalue weighted by Gasteiger charge is 2.33. The van der Waals surface area contributed by atoms with Crippen molar-refractivity contribution in [2.45, 2.75) is 31.2 Å². The number of halogens is 1. The number of H-pyrrole nitrogens is 1. The minimum Gasteiger partial charge on any atom is -0.349 e. The lowest BCUT2D eigenvalue weighted by Crippen LogP contribution is -2.37. The number of imidazole rings is 1. The maximum absolute atomic E-state index is 10.8. The van der Waals surface area contributed by atoms with Gasteiger partial charge in [-0.2, -0.15) is 0 Å². The fraction of sp³-hybridized carbons (Fsp3) is 0.462. The summed E-state index contributed by atoms with van der Waals surface area (Å²) in [4.78, 5) is 17.9. The fourth-order valence-electron chi connectivity index (χ4n) is 2.77. The molecule has 2 N–H and O–H groups in total. The molecule has 0 saturated heterocycles. The number of hydrogen-bond donors (Lipinski definition) is 2. The Kier molecular flexibility index (Phi) is 3.25. The van der Waals surface area contributed by atoms with Crippen LogP contribution >= 0.6 is 11.6 Å². The van der Waals surface area contributed by atoms with Gasteiger partial charge in [0.25, 0.3) is 5.69 Å². The van der Waals surface area contributed by atoms with E-state index in [9.17, 15) is 10.1 Å². The van der Waals surface area contributed by atoms with Gasteiger partial charge in [0.05, 0.1) is 21.5 Å². The Balaban J connectivity index is 1.91. The number of fused-ring (bicyclic) bond motifs is 1. The highest BCUT2D eigenvalue weighted by molar-refractivity contribution is 6.18. The monoisotopic (exact) mass is 294 g/mol. The van der Waals surface area contributed by atoms with Crippen LogP contribution in [0.2, 0.25) is 0 Å². The van der Waals surface area contributed by atoms with Crippen LogP contribution in [0.5, 0.6) is 0 Å². The average molecular weight is 295 g/mol. The first kappa shape index (κ1) is 13.2. The standard InChI is InChI=1S/C13H15ClN4O2/c14-8-13(5-1-2-6-13)17-12-15-10-4-3-9(18(19)20)7-11(10)16-12/h3-4,7H,1-2,5-6,8H2,(H2,15,16,17). The third kappa shape index (κ3) is 2.31. The van der Waals surface area contributed by atoms with Gasteiger partial charge in [-0.1, -0.05) is 12.8 Å². The maximum atomic E-state index is 10.8. The topological polar surface area (TPSA) is 83.8 Å². The van der Waals surface area contributed by atoms with Crippen LogP contribution in [0.4, 0.5) is 11.6 Å². The fourth-order valence-corrected chi connectivity index (χ4v) is 3.10. The minimum absolute atomic E-state index is 0.0561. The van der Waals surface area contributed by atoms with E-state index in [1.807, 2.05) is 0 Å². The van der Waals surface area contributed by atoms with Crippen LogP contribution in [0.3, 0.4) is 0 Å². The van der Waals surface area contributed by atoms with Crippen LogP contribution in [0.15, 0.2) is 18.2 Å². The van der Waals surface area contributed by atoms with Crippen molar-refractivity contribution >= 4 is 34.3 Å². The quantitative estimate of drug-likeness (QED) is 0.514. The summed E-state index contributed by atoms with van der Waals surface area (Å²) in [5.74, 6) is 1.16. The highest BCUT2D eigenvalue weighted by Crippen LogP contribution is 2.34. The molecule has 20 heavy (non-hydrogen) atoms. The molecule has 0 unspecified atom stereocenters. The van der Waals surface area contributed by atoms with E-state index in [-0.39, 0.29) is 11.2 Å². The summed E-state index contributed by atoms with van der Waals surface area (Å²) in [7, 11) is 0. The van der Waals surface area contributed by atoms with E-state index in [0.717, 1.165) is 25.7 Å². The van der Waals surface area contributed by atoms with Gasteiger partial charge in [-0.25, -0.2) is 4.98 Å². The van der Waals surface area contributed by atoms with E-state index in [0.29, 0.717) is 22.9 Å². The van der Waals surface area contributed by atoms with Gasteiger partial charge < -0.3 is 10.3 Å². The molecule has 0 spiro atoms. The summed E-state index contributed by atoms with van der Waals surface area (Å²) in [6.45, 7) is 0. The van der Waals surface area contributed by atoms with Gasteiger partial charge in [0.1, 0.15) is 0 Å². The van der Waals surface area contributed by atoms with Crippen molar-refractivity contribution in [1.29, 1.82) is 0 Å². The molecule has 1 aromatic heterocycles. The number of benzene rings is 1. The van der Waals surface area contributed by atoms with Gasteiger partial charge in [0, 0.05) is 18.0 Å². The molecule has 1 fully saturated rings. The van der Waals surface area contributed by atoms with E-state index in [2.05, 4.69) is 15.3 Å². The summed E-state index contributed by atoms with van der Waals surface area (Å²) in [6, 6.07) is 4.60. The first-order valence-electron chi connectivity index (χ1n) is 6.60. The van der Waals surface area contributed by atoms with Crippen LogP contribution in [0.1, 0.15) is 25.7 Å². The summed E-state index contributed by atoms with van der Waals surface area (Å²) >= 11 is 6.09. The summed E-state index contributed by atoms with van der Waals surface area (Å²) in [6.07, 6.45) is 4.36. The number of anilines is 1. The summed E-state index contributed by atoms with van der Waals surface area (Å²) in [5, 5.41) is 14.1. The number of hydrogen-bond acceptors (Lipinski definition) is 4. The van der Waals surface area contributed by atoms with Crippen molar-refractivity contribution in [2.75, 3.05) is 11.2 Å². The highest BCUT2D eigenvalue weighted by atomic mass is 35.5. The Hall–Kier alpha value is -1.82. The molecule has 1 heterocycles. The van der Waals surface area contributed by atoms with Crippen molar-refractivity contribution in [3.63, 3.8) is 0 Å². The maximum Gasteiger partial charge on any atom is 0.271 e. The Morgan fingerprint density at radius 1 is 1.45 bits per heavy atom. The third-order valence-corrected chi connectivity index (χ3v) is 4.39. The molecule has 0 aliphatic heterocycles. The number of aromatic nitrogens is 2. The smallest absolute Gasteiger partial charge is 0.271 e. The molecule has 1 aliphatic carbocycles. The molecule has 2 aromatic rings. The minimum atomic E-state index is -0.412. The number of rotatable bonds is 4. The van der Waals surface area contributed by atoms with Gasteiger partial charge in [0.15, 0.2) is 0 Å². The van der Waals surface area contributed by atoms with Crippen molar-refractivity contribution in [3.8, 4) is 0 Å². The van der Waals surface area contributed by atoms with E-state index >= 15 is 0 Å². The van der Waals surface area contributed by atoms with Crippen molar-refractivity contribution in [2.24, 2.45) is 0 Å². The second-order valence-electron chi connectivity index (χ2n) is 5.29. The van der Waals surface area contributed by atoms with Gasteiger partial charge in [-0.3, -0.25) is 10.1 Å². The Labute approximate surface area is 120 Å². The molecule has 1 saturated carbocycles. The molecule has 1 aromatic carbocycles. The van der Waals surface area contributed by atoms with Crippen LogP contribution in [-0.2, 0) is 0 Å². The van der Waals surface area contributed by atoms with Gasteiger partial charge >= 0.3 is 0 Å². The number of nitro groups is 1. The molecule has 7 heteroatoms. The van der Waals surface area contributed by atoms with Gasteiger partial charge in [-0.05, 0) is 18.9 Å². The van der Waals surface area contributed by atoms with E-state index in [1.54, 1.807) is 6.07 Å². The number of non-ortho nitro benzene ring substituents is 1. The lowest BCUT2D eigenvalue weighted by Gasteiger charge is -2.27. The molecule has 6 nitrogen and oxygen atoms in total. The molecular formula is C13H15ClN4O2. The normalized spacial score (nSPS) is 17.4. The van der Waals surface area contributed by atoms with Crippen LogP contribution in [0, 0.1) is 10.1 Å². The van der Waals surface area contributed by atoms with Gasteiger partial charge in [0.2, 0.25) is 5.95 Å². The predicted octanol–water partition coefficient (Wildman–Crippen LogP) is 3.43. The van der Waals surface area contributed by atoms with Crippen LogP contribution < -0.4 is 5.32 Å². The number of alkyl halides is 1. The summed E-state index contributed by atoms with van der Waals surface area (Å²) in [5.41, 5.74) is 1.31. The number of nitrogens with zero attached hydrogens (tertiary/aromatic N) is 2. The van der Waals surface area contributed by atoms with E-state index in [4.69, 9.17) is 11.6 Å². The molecule has 0 atom stereocenters. The van der Waals surface area contributed by atoms with E-state index in [1.165, 1.54) is 12.1 Å². The van der Waals surface area contributed by atoms with Gasteiger partial charge in [-0.15, -0.1) is 11.6 Å². The number of nitrogens with one attached hydrogen (secondary N) is 2. The first-order valence-corrected chi connectivity index (χ1v) is 7.14.